The van der Waals surface area contributed by atoms with Crippen LogP contribution in [0.15, 0.2) is 60.8 Å². The molecule has 0 bridgehead atoms. The first-order chi connectivity index (χ1) is 15.9. The molecule has 3 amide bonds. The molecule has 2 aromatic carbocycles. The molecular formula is C23H24N4O6. The van der Waals surface area contributed by atoms with E-state index in [0.29, 0.717) is 0 Å². The van der Waals surface area contributed by atoms with Gasteiger partial charge in [0.05, 0.1) is 6.54 Å². The maximum absolute atomic E-state index is 12.1. The number of carbonyl (C=O) groups is 4. The summed E-state index contributed by atoms with van der Waals surface area (Å²) in [5.41, 5.74) is 2.42. The number of carboxylic acid groups (broad SMARTS) is 1. The monoisotopic (exact) mass is 452 g/mol. The summed E-state index contributed by atoms with van der Waals surface area (Å²) in [4.78, 5) is 50.3. The predicted octanol–water partition coefficient (Wildman–Crippen LogP) is 1.32. The van der Waals surface area contributed by atoms with Crippen LogP contribution in [-0.4, -0.2) is 53.1 Å². The van der Waals surface area contributed by atoms with E-state index in [2.05, 4.69) is 20.9 Å². The summed E-state index contributed by atoms with van der Waals surface area (Å²) < 4.78 is 4.99. The van der Waals surface area contributed by atoms with Crippen LogP contribution in [-0.2, 0) is 32.1 Å². The Morgan fingerprint density at radius 1 is 0.909 bits per heavy atom. The van der Waals surface area contributed by atoms with Gasteiger partial charge in [0.2, 0.25) is 11.8 Å². The number of para-hydroxylation sites is 1. The highest BCUT2D eigenvalue weighted by molar-refractivity contribution is 5.90. The third kappa shape index (κ3) is 7.10. The first-order valence-corrected chi connectivity index (χ1v) is 10.2. The van der Waals surface area contributed by atoms with Gasteiger partial charge in [-0.05, 0) is 17.2 Å². The second-order valence-electron chi connectivity index (χ2n) is 7.21. The summed E-state index contributed by atoms with van der Waals surface area (Å²) in [6.07, 6.45) is 1.01. The molecule has 10 nitrogen and oxygen atoms in total. The van der Waals surface area contributed by atoms with Gasteiger partial charge in [0, 0.05) is 23.5 Å². The normalized spacial score (nSPS) is 11.4. The van der Waals surface area contributed by atoms with Crippen LogP contribution in [0.3, 0.4) is 0 Å². The molecule has 0 unspecified atom stereocenters. The second kappa shape index (κ2) is 11.3. The molecule has 33 heavy (non-hydrogen) atoms. The fourth-order valence-corrected chi connectivity index (χ4v) is 3.13. The number of carbonyl (C=O) groups excluding carboxylic acids is 3. The van der Waals surface area contributed by atoms with E-state index in [-0.39, 0.29) is 13.0 Å². The minimum atomic E-state index is -1.19. The Hall–Kier alpha value is -4.34. The van der Waals surface area contributed by atoms with Gasteiger partial charge in [-0.25, -0.2) is 9.59 Å². The third-order valence-electron chi connectivity index (χ3n) is 4.78. The highest BCUT2D eigenvalue weighted by Crippen LogP contribution is 2.19. The average molecular weight is 452 g/mol. The number of hydrogen-bond donors (Lipinski definition) is 5. The predicted molar refractivity (Wildman–Crippen MR) is 119 cm³/mol. The van der Waals surface area contributed by atoms with E-state index in [1.165, 1.54) is 0 Å². The van der Waals surface area contributed by atoms with Crippen LogP contribution in [0.4, 0.5) is 4.79 Å². The summed E-state index contributed by atoms with van der Waals surface area (Å²) in [5, 5.41) is 17.3. The fraction of sp³-hybridized carbons (Fsp3) is 0.217. The number of amides is 3. The van der Waals surface area contributed by atoms with Gasteiger partial charge in [-0.1, -0.05) is 48.5 Å². The number of aromatic nitrogens is 1. The van der Waals surface area contributed by atoms with Gasteiger partial charge in [0.25, 0.3) is 0 Å². The van der Waals surface area contributed by atoms with Crippen molar-refractivity contribution in [2.75, 3.05) is 13.1 Å². The van der Waals surface area contributed by atoms with E-state index in [1.54, 1.807) is 18.3 Å². The summed E-state index contributed by atoms with van der Waals surface area (Å²) in [7, 11) is 0. The van der Waals surface area contributed by atoms with E-state index in [1.807, 2.05) is 42.5 Å². The van der Waals surface area contributed by atoms with Crippen molar-refractivity contribution in [3.05, 3.63) is 71.9 Å². The first-order valence-electron chi connectivity index (χ1n) is 10.2. The largest absolute Gasteiger partial charge is 0.480 e. The van der Waals surface area contributed by atoms with Crippen molar-refractivity contribution in [1.29, 1.82) is 0 Å². The molecule has 172 valence electrons. The van der Waals surface area contributed by atoms with Gasteiger partial charge >= 0.3 is 12.1 Å². The molecule has 0 saturated heterocycles. The molecule has 10 heteroatoms. The molecule has 0 fully saturated rings. The molecule has 0 radical (unpaired) electrons. The zero-order chi connectivity index (χ0) is 23.6. The zero-order valence-electron chi connectivity index (χ0n) is 17.7. The van der Waals surface area contributed by atoms with Crippen LogP contribution in [0.1, 0.15) is 11.1 Å². The van der Waals surface area contributed by atoms with Crippen molar-refractivity contribution in [1.82, 2.24) is 20.9 Å². The van der Waals surface area contributed by atoms with Crippen LogP contribution in [0, 0.1) is 0 Å². The number of carboxylic acids is 1. The van der Waals surface area contributed by atoms with Crippen molar-refractivity contribution in [3.63, 3.8) is 0 Å². The number of H-pyrrole nitrogens is 1. The molecule has 0 saturated carbocycles. The van der Waals surface area contributed by atoms with E-state index in [0.717, 1.165) is 22.0 Å². The van der Waals surface area contributed by atoms with Crippen LogP contribution in [0.2, 0.25) is 0 Å². The Morgan fingerprint density at radius 3 is 2.36 bits per heavy atom. The lowest BCUT2D eigenvalue weighted by Crippen LogP contribution is -2.47. The van der Waals surface area contributed by atoms with Crippen molar-refractivity contribution < 1.29 is 29.0 Å². The fourth-order valence-electron chi connectivity index (χ4n) is 3.13. The SMILES string of the molecule is O=C(CNC(=O)OCc1ccccc1)NCC(=O)N[C@H](Cc1c[nH]c2ccccc12)C(=O)O. The molecule has 0 aliphatic carbocycles. The molecule has 1 atom stereocenters. The maximum Gasteiger partial charge on any atom is 0.407 e. The van der Waals surface area contributed by atoms with Crippen molar-refractivity contribution in [2.45, 2.75) is 19.1 Å². The molecule has 1 aromatic heterocycles. The molecule has 5 N–H and O–H groups in total. The van der Waals surface area contributed by atoms with Gasteiger partial charge < -0.3 is 30.8 Å². The number of aromatic amines is 1. The number of fused-ring (bicyclic) bond motifs is 1. The van der Waals surface area contributed by atoms with Gasteiger partial charge in [-0.15, -0.1) is 0 Å². The lowest BCUT2D eigenvalue weighted by atomic mass is 10.1. The lowest BCUT2D eigenvalue weighted by molar-refractivity contribution is -0.141. The van der Waals surface area contributed by atoms with Crippen LogP contribution < -0.4 is 16.0 Å². The Kier molecular flexibility index (Phi) is 8.01. The molecule has 0 spiro atoms. The quantitative estimate of drug-likeness (QED) is 0.313. The van der Waals surface area contributed by atoms with Crippen LogP contribution in [0.5, 0.6) is 0 Å². The molecule has 0 aliphatic rings. The van der Waals surface area contributed by atoms with Gasteiger partial charge in [0.1, 0.15) is 19.2 Å². The number of hydrogen-bond acceptors (Lipinski definition) is 5. The number of benzene rings is 2. The number of aliphatic carboxylic acids is 1. The summed E-state index contributed by atoms with van der Waals surface area (Å²) in [5.74, 6) is -2.48. The van der Waals surface area contributed by atoms with E-state index < -0.39 is 43.0 Å². The summed E-state index contributed by atoms with van der Waals surface area (Å²) in [6.45, 7) is -0.764. The van der Waals surface area contributed by atoms with E-state index in [4.69, 9.17) is 4.74 Å². The van der Waals surface area contributed by atoms with Crippen molar-refractivity contribution in [3.8, 4) is 0 Å². The van der Waals surface area contributed by atoms with E-state index >= 15 is 0 Å². The zero-order valence-corrected chi connectivity index (χ0v) is 17.7. The van der Waals surface area contributed by atoms with E-state index in [9.17, 15) is 24.3 Å². The van der Waals surface area contributed by atoms with Gasteiger partial charge in [-0.2, -0.15) is 0 Å². The lowest BCUT2D eigenvalue weighted by Gasteiger charge is -2.15. The highest BCUT2D eigenvalue weighted by atomic mass is 16.5. The Labute approximate surface area is 189 Å². The number of nitrogens with one attached hydrogen (secondary N) is 4. The Morgan fingerprint density at radius 2 is 1.61 bits per heavy atom. The van der Waals surface area contributed by atoms with Gasteiger partial charge in [0.15, 0.2) is 0 Å². The highest BCUT2D eigenvalue weighted by Gasteiger charge is 2.22. The number of alkyl carbamates (subject to hydrolysis) is 1. The molecule has 1 heterocycles. The molecule has 3 rings (SSSR count). The molecular weight excluding hydrogens is 428 g/mol. The first kappa shape index (κ1) is 23.3. The maximum atomic E-state index is 12.1. The second-order valence-corrected chi connectivity index (χ2v) is 7.21. The van der Waals surface area contributed by atoms with Gasteiger partial charge in [-0.3, -0.25) is 9.59 Å². The van der Waals surface area contributed by atoms with Crippen molar-refractivity contribution >= 4 is 34.8 Å². The number of rotatable bonds is 10. The van der Waals surface area contributed by atoms with Crippen molar-refractivity contribution in [2.24, 2.45) is 0 Å². The van der Waals surface area contributed by atoms with Crippen LogP contribution >= 0.6 is 0 Å². The Balaban J connectivity index is 1.40. The summed E-state index contributed by atoms with van der Waals surface area (Å²) >= 11 is 0. The third-order valence-corrected chi connectivity index (χ3v) is 4.78. The average Bonchev–Trinajstić information content (AvgIpc) is 3.23. The smallest absolute Gasteiger partial charge is 0.407 e. The molecule has 0 aliphatic heterocycles. The topological polar surface area (TPSA) is 150 Å². The minimum Gasteiger partial charge on any atom is -0.480 e. The Bertz CT molecular complexity index is 1130. The molecule has 3 aromatic rings. The standard InChI is InChI=1S/C23H24N4O6/c28-20(12-26-23(32)33-14-15-6-2-1-3-7-15)25-13-21(29)27-19(22(30)31)10-16-11-24-18-9-5-4-8-17(16)18/h1-9,11,19,24H,10,12-14H2,(H,25,28)(H,26,32)(H,27,29)(H,30,31)/t19-/m1/s1. The minimum absolute atomic E-state index is 0.0592. The van der Waals surface area contributed by atoms with Crippen LogP contribution in [0.25, 0.3) is 10.9 Å². The summed E-state index contributed by atoms with van der Waals surface area (Å²) in [6, 6.07) is 15.3. The number of ether oxygens (including phenoxy) is 1.